The molecule has 1 aromatic carbocycles. The molecule has 21 heavy (non-hydrogen) atoms. The fraction of sp³-hybridized carbons (Fsp3) is 0.375. The van der Waals surface area contributed by atoms with Crippen LogP contribution < -0.4 is 5.73 Å². The Bertz CT molecular complexity index is 557. The Morgan fingerprint density at radius 2 is 1.90 bits per heavy atom. The number of hydrogen-bond acceptors (Lipinski definition) is 3. The van der Waals surface area contributed by atoms with Crippen LogP contribution >= 0.6 is 11.3 Å². The molecule has 0 radical (unpaired) electrons. The molecule has 2 nitrogen and oxygen atoms in total. The van der Waals surface area contributed by atoms with Gasteiger partial charge < -0.3 is 5.73 Å². The van der Waals surface area contributed by atoms with Gasteiger partial charge in [0.1, 0.15) is 0 Å². The summed E-state index contributed by atoms with van der Waals surface area (Å²) in [6.07, 6.45) is -2.46. The highest BCUT2D eigenvalue weighted by molar-refractivity contribution is 7.10. The third-order valence-corrected chi connectivity index (χ3v) is 4.87. The zero-order valence-electron chi connectivity index (χ0n) is 12.2. The van der Waals surface area contributed by atoms with Crippen molar-refractivity contribution in [3.8, 4) is 0 Å². The molecule has 1 heterocycles. The second-order valence-electron chi connectivity index (χ2n) is 5.08. The summed E-state index contributed by atoms with van der Waals surface area (Å²) in [6, 6.07) is 10.7. The molecule has 2 N–H and O–H groups in total. The number of rotatable bonds is 6. The van der Waals surface area contributed by atoms with E-state index in [4.69, 9.17) is 5.73 Å². The van der Waals surface area contributed by atoms with Crippen LogP contribution in [0, 0.1) is 0 Å². The van der Waals surface area contributed by atoms with Crippen LogP contribution in [0.3, 0.4) is 0 Å². The summed E-state index contributed by atoms with van der Waals surface area (Å²) in [6.45, 7) is 2.49. The monoisotopic (exact) mass is 310 g/mol. The van der Waals surface area contributed by atoms with E-state index in [1.807, 2.05) is 24.6 Å². The van der Waals surface area contributed by atoms with Crippen molar-refractivity contribution < 1.29 is 8.78 Å². The Morgan fingerprint density at radius 1 is 1.19 bits per heavy atom. The molecule has 1 aromatic heterocycles. The molecule has 0 saturated carbocycles. The van der Waals surface area contributed by atoms with E-state index in [2.05, 4.69) is 17.9 Å². The first-order chi connectivity index (χ1) is 10.0. The number of hydrogen-bond donors (Lipinski definition) is 1. The molecule has 2 aromatic rings. The van der Waals surface area contributed by atoms with E-state index in [0.29, 0.717) is 6.54 Å². The van der Waals surface area contributed by atoms with Crippen LogP contribution in [0.25, 0.3) is 0 Å². The highest BCUT2D eigenvalue weighted by Gasteiger charge is 2.22. The van der Waals surface area contributed by atoms with Gasteiger partial charge in [-0.15, -0.1) is 11.3 Å². The predicted molar refractivity (Wildman–Crippen MR) is 83.7 cm³/mol. The number of halogens is 2. The lowest BCUT2D eigenvalue weighted by Crippen LogP contribution is -2.32. The molecule has 0 spiro atoms. The van der Waals surface area contributed by atoms with Crippen LogP contribution in [0.4, 0.5) is 8.78 Å². The molecule has 0 aliphatic heterocycles. The Hall–Kier alpha value is -1.30. The summed E-state index contributed by atoms with van der Waals surface area (Å²) in [5, 5.41) is 2.04. The summed E-state index contributed by atoms with van der Waals surface area (Å²) >= 11 is 1.69. The Kier molecular flexibility index (Phi) is 5.45. The minimum atomic E-state index is -2.46. The molecule has 114 valence electrons. The first-order valence-electron chi connectivity index (χ1n) is 6.88. The molecule has 2 unspecified atom stereocenters. The molecule has 2 atom stereocenters. The smallest absolute Gasteiger partial charge is 0.263 e. The lowest BCUT2D eigenvalue weighted by atomic mass is 10.0. The maximum atomic E-state index is 12.9. The normalized spacial score (nSPS) is 14.6. The van der Waals surface area contributed by atoms with Gasteiger partial charge in [0.15, 0.2) is 0 Å². The van der Waals surface area contributed by atoms with Crippen LogP contribution in [-0.2, 0) is 0 Å². The summed E-state index contributed by atoms with van der Waals surface area (Å²) in [4.78, 5) is 3.37. The van der Waals surface area contributed by atoms with E-state index in [1.165, 1.54) is 10.9 Å². The summed E-state index contributed by atoms with van der Waals surface area (Å²) in [5.74, 6) is 0. The van der Waals surface area contributed by atoms with Crippen molar-refractivity contribution in [3.05, 3.63) is 57.8 Å². The first-order valence-corrected chi connectivity index (χ1v) is 7.76. The second kappa shape index (κ2) is 7.11. The number of benzene rings is 1. The standard InChI is InChI=1S/C16H20F2N2S/c1-11(15-7-4-8-21-15)20(2)14(10-19)12-5-3-6-13(9-12)16(17)18/h3-9,11,14,16H,10,19H2,1-2H3. The van der Waals surface area contributed by atoms with Crippen molar-refractivity contribution in [2.75, 3.05) is 13.6 Å². The van der Waals surface area contributed by atoms with Crippen LogP contribution in [0.5, 0.6) is 0 Å². The van der Waals surface area contributed by atoms with Crippen LogP contribution in [0.2, 0.25) is 0 Å². The van der Waals surface area contributed by atoms with Gasteiger partial charge in [-0.2, -0.15) is 0 Å². The topological polar surface area (TPSA) is 29.3 Å². The van der Waals surface area contributed by atoms with Crippen molar-refractivity contribution in [2.24, 2.45) is 5.73 Å². The Balaban J connectivity index is 2.24. The highest BCUT2D eigenvalue weighted by atomic mass is 32.1. The zero-order chi connectivity index (χ0) is 15.4. The number of nitrogens with zero attached hydrogens (tertiary/aromatic N) is 1. The molecule has 0 aliphatic rings. The van der Waals surface area contributed by atoms with Gasteiger partial charge in [-0.1, -0.05) is 24.3 Å². The van der Waals surface area contributed by atoms with E-state index >= 15 is 0 Å². The van der Waals surface area contributed by atoms with Gasteiger partial charge in [-0.25, -0.2) is 8.78 Å². The molecular weight excluding hydrogens is 290 g/mol. The quantitative estimate of drug-likeness (QED) is 0.858. The Labute approximate surface area is 128 Å². The Morgan fingerprint density at radius 3 is 2.48 bits per heavy atom. The minimum absolute atomic E-state index is 0.0446. The molecule has 0 fully saturated rings. The maximum absolute atomic E-state index is 12.9. The summed E-state index contributed by atoms with van der Waals surface area (Å²) in [5.41, 5.74) is 6.78. The van der Waals surface area contributed by atoms with E-state index in [1.54, 1.807) is 23.5 Å². The maximum Gasteiger partial charge on any atom is 0.263 e. The van der Waals surface area contributed by atoms with Crippen molar-refractivity contribution >= 4 is 11.3 Å². The lowest BCUT2D eigenvalue weighted by molar-refractivity contribution is 0.150. The van der Waals surface area contributed by atoms with Gasteiger partial charge in [0.25, 0.3) is 6.43 Å². The van der Waals surface area contributed by atoms with Crippen LogP contribution in [0.15, 0.2) is 41.8 Å². The fourth-order valence-corrected chi connectivity index (χ4v) is 3.27. The third kappa shape index (κ3) is 3.67. The molecule has 0 bridgehead atoms. The van der Waals surface area contributed by atoms with E-state index in [0.717, 1.165) is 5.56 Å². The van der Waals surface area contributed by atoms with Crippen molar-refractivity contribution in [3.63, 3.8) is 0 Å². The number of thiophene rings is 1. The van der Waals surface area contributed by atoms with Crippen LogP contribution in [0.1, 0.15) is 41.4 Å². The molecule has 2 rings (SSSR count). The fourth-order valence-electron chi connectivity index (χ4n) is 2.44. The summed E-state index contributed by atoms with van der Waals surface area (Å²) in [7, 11) is 1.98. The molecular formula is C16H20F2N2S. The summed E-state index contributed by atoms with van der Waals surface area (Å²) < 4.78 is 25.7. The van der Waals surface area contributed by atoms with Gasteiger partial charge in [-0.05, 0) is 37.0 Å². The van der Waals surface area contributed by atoms with E-state index < -0.39 is 6.43 Å². The molecule has 0 saturated heterocycles. The van der Waals surface area contributed by atoms with Crippen molar-refractivity contribution in [1.29, 1.82) is 0 Å². The average Bonchev–Trinajstić information content (AvgIpc) is 3.01. The highest BCUT2D eigenvalue weighted by Crippen LogP contribution is 2.31. The molecule has 0 aliphatic carbocycles. The van der Waals surface area contributed by atoms with E-state index in [-0.39, 0.29) is 17.6 Å². The van der Waals surface area contributed by atoms with Crippen LogP contribution in [-0.4, -0.2) is 18.5 Å². The largest absolute Gasteiger partial charge is 0.329 e. The van der Waals surface area contributed by atoms with Crippen molar-refractivity contribution in [1.82, 2.24) is 4.90 Å². The van der Waals surface area contributed by atoms with Gasteiger partial charge >= 0.3 is 0 Å². The molecule has 5 heteroatoms. The molecule has 0 amide bonds. The third-order valence-electron chi connectivity index (χ3n) is 3.83. The SMILES string of the molecule is CC(c1cccs1)N(C)C(CN)c1cccc(C(F)F)c1. The van der Waals surface area contributed by atoms with Gasteiger partial charge in [0, 0.05) is 29.1 Å². The van der Waals surface area contributed by atoms with Gasteiger partial charge in [-0.3, -0.25) is 4.90 Å². The van der Waals surface area contributed by atoms with E-state index in [9.17, 15) is 8.78 Å². The van der Waals surface area contributed by atoms with Crippen molar-refractivity contribution in [2.45, 2.75) is 25.4 Å². The lowest BCUT2D eigenvalue weighted by Gasteiger charge is -2.32. The second-order valence-corrected chi connectivity index (χ2v) is 6.06. The average molecular weight is 310 g/mol. The zero-order valence-corrected chi connectivity index (χ0v) is 13.0. The number of likely N-dealkylation sites (N-methyl/N-ethyl adjacent to an activating group) is 1. The number of nitrogens with two attached hydrogens (primary N) is 1. The predicted octanol–water partition coefficient (Wildman–Crippen LogP) is 4.38. The minimum Gasteiger partial charge on any atom is -0.329 e. The van der Waals surface area contributed by atoms with Gasteiger partial charge in [0.05, 0.1) is 0 Å². The first kappa shape index (κ1) is 16.1. The number of alkyl halides is 2. The van der Waals surface area contributed by atoms with Gasteiger partial charge in [0.2, 0.25) is 0 Å².